The summed E-state index contributed by atoms with van der Waals surface area (Å²) in [6.07, 6.45) is 10.5. The molecule has 0 unspecified atom stereocenters. The lowest BCUT2D eigenvalue weighted by Crippen LogP contribution is -2.42. The number of hydrogen-bond acceptors (Lipinski definition) is 2. The molecule has 2 fully saturated rings. The number of aliphatic imine (C=N–C) groups is 1. The molecular weight excluding hydrogens is 236 g/mol. The van der Waals surface area contributed by atoms with Crippen LogP contribution in [0.2, 0.25) is 0 Å². The van der Waals surface area contributed by atoms with E-state index in [-0.39, 0.29) is 0 Å². The van der Waals surface area contributed by atoms with E-state index >= 15 is 0 Å². The molecule has 0 aromatic carbocycles. The maximum Gasteiger partial charge on any atom is 0.191 e. The Hall–Kier alpha value is -0.770. The monoisotopic (exact) mass is 266 g/mol. The van der Waals surface area contributed by atoms with Crippen LogP contribution in [0.3, 0.4) is 0 Å². The van der Waals surface area contributed by atoms with E-state index in [9.17, 15) is 0 Å². The zero-order chi connectivity index (χ0) is 13.5. The van der Waals surface area contributed by atoms with Crippen LogP contribution in [0.25, 0.3) is 0 Å². The molecule has 4 nitrogen and oxygen atoms in total. The predicted octanol–water partition coefficient (Wildman–Crippen LogP) is 2.05. The molecule has 2 rings (SSSR count). The number of guanidine groups is 1. The number of hydrogen-bond donors (Lipinski definition) is 1. The van der Waals surface area contributed by atoms with Gasteiger partial charge < -0.3 is 15.5 Å². The quantitative estimate of drug-likeness (QED) is 0.470. The summed E-state index contributed by atoms with van der Waals surface area (Å²) in [5.74, 6) is 0.744. The Morgan fingerprint density at radius 1 is 1.16 bits per heavy atom. The topological polar surface area (TPSA) is 44.9 Å². The number of nitrogens with two attached hydrogens (primary N) is 1. The van der Waals surface area contributed by atoms with Gasteiger partial charge in [0.1, 0.15) is 0 Å². The molecule has 0 atom stereocenters. The van der Waals surface area contributed by atoms with E-state index < -0.39 is 0 Å². The second-order valence-corrected chi connectivity index (χ2v) is 6.04. The van der Waals surface area contributed by atoms with Crippen LogP contribution >= 0.6 is 0 Å². The minimum atomic E-state index is 0.621. The van der Waals surface area contributed by atoms with Gasteiger partial charge in [-0.25, -0.2) is 0 Å². The average Bonchev–Trinajstić information content (AvgIpc) is 2.96. The van der Waals surface area contributed by atoms with Crippen molar-refractivity contribution in [2.24, 2.45) is 10.7 Å². The Kier molecular flexibility index (Phi) is 5.95. The fourth-order valence-corrected chi connectivity index (χ4v) is 3.26. The van der Waals surface area contributed by atoms with Gasteiger partial charge in [-0.1, -0.05) is 19.3 Å². The molecule has 19 heavy (non-hydrogen) atoms. The lowest BCUT2D eigenvalue weighted by Gasteiger charge is -2.31. The minimum absolute atomic E-state index is 0.621. The Labute approximate surface area is 118 Å². The van der Waals surface area contributed by atoms with E-state index in [1.807, 2.05) is 0 Å². The second-order valence-electron chi connectivity index (χ2n) is 6.04. The third-order valence-electron chi connectivity index (χ3n) is 4.59. The van der Waals surface area contributed by atoms with Crippen molar-refractivity contribution in [1.29, 1.82) is 0 Å². The molecule has 4 heteroatoms. The first-order chi connectivity index (χ1) is 9.27. The van der Waals surface area contributed by atoms with Crippen LogP contribution in [-0.2, 0) is 0 Å². The molecular formula is C15H30N4. The van der Waals surface area contributed by atoms with Crippen LogP contribution < -0.4 is 5.73 Å². The van der Waals surface area contributed by atoms with Crippen LogP contribution in [0.1, 0.15) is 51.4 Å². The minimum Gasteiger partial charge on any atom is -0.370 e. The normalized spacial score (nSPS) is 22.9. The molecule has 0 aromatic heterocycles. The zero-order valence-electron chi connectivity index (χ0n) is 12.5. The lowest BCUT2D eigenvalue weighted by atomic mass is 9.95. The van der Waals surface area contributed by atoms with Gasteiger partial charge in [0.15, 0.2) is 5.96 Å². The third-order valence-corrected chi connectivity index (χ3v) is 4.59. The summed E-state index contributed by atoms with van der Waals surface area (Å²) in [5, 5.41) is 0. The van der Waals surface area contributed by atoms with E-state index in [1.54, 1.807) is 0 Å². The standard InChI is InChI=1S/C15H30N4/c1-18(14-8-3-2-4-9-14)15(16)17-10-7-13-19-11-5-6-12-19/h14H,2-13H2,1H3,(H2,16,17). The predicted molar refractivity (Wildman–Crippen MR) is 81.4 cm³/mol. The van der Waals surface area contributed by atoms with Gasteiger partial charge in [-0.15, -0.1) is 0 Å². The molecule has 1 saturated carbocycles. The third kappa shape index (κ3) is 4.68. The largest absolute Gasteiger partial charge is 0.370 e. The van der Waals surface area contributed by atoms with Crippen molar-refractivity contribution in [1.82, 2.24) is 9.80 Å². The van der Waals surface area contributed by atoms with E-state index in [1.165, 1.54) is 64.6 Å². The molecule has 0 aromatic rings. The number of nitrogens with zero attached hydrogens (tertiary/aromatic N) is 3. The maximum absolute atomic E-state index is 6.10. The van der Waals surface area contributed by atoms with Gasteiger partial charge >= 0.3 is 0 Å². The average molecular weight is 266 g/mol. The van der Waals surface area contributed by atoms with Gasteiger partial charge in [0, 0.05) is 19.6 Å². The summed E-state index contributed by atoms with van der Waals surface area (Å²) in [5.41, 5.74) is 6.10. The van der Waals surface area contributed by atoms with Crippen LogP contribution in [-0.4, -0.2) is 55.0 Å². The molecule has 0 radical (unpaired) electrons. The molecule has 1 heterocycles. The van der Waals surface area contributed by atoms with Crippen molar-refractivity contribution in [2.45, 2.75) is 57.4 Å². The molecule has 2 aliphatic rings. The summed E-state index contributed by atoms with van der Waals surface area (Å²) in [6, 6.07) is 0.621. The van der Waals surface area contributed by atoms with Crippen molar-refractivity contribution in [3.63, 3.8) is 0 Å². The molecule has 110 valence electrons. The van der Waals surface area contributed by atoms with E-state index in [2.05, 4.69) is 21.8 Å². The van der Waals surface area contributed by atoms with Crippen molar-refractivity contribution in [3.8, 4) is 0 Å². The van der Waals surface area contributed by atoms with Gasteiger partial charge in [-0.05, 0) is 51.7 Å². The summed E-state index contributed by atoms with van der Waals surface area (Å²) >= 11 is 0. The zero-order valence-corrected chi connectivity index (χ0v) is 12.5. The maximum atomic E-state index is 6.10. The van der Waals surface area contributed by atoms with Crippen LogP contribution in [0.5, 0.6) is 0 Å². The Balaban J connectivity index is 1.65. The van der Waals surface area contributed by atoms with Gasteiger partial charge in [-0.2, -0.15) is 0 Å². The fourth-order valence-electron chi connectivity index (χ4n) is 3.26. The highest BCUT2D eigenvalue weighted by Gasteiger charge is 2.19. The SMILES string of the molecule is CN(C(N)=NCCCN1CCCC1)C1CCCCC1. The van der Waals surface area contributed by atoms with Gasteiger partial charge in [0.25, 0.3) is 0 Å². The van der Waals surface area contributed by atoms with Crippen LogP contribution in [0, 0.1) is 0 Å². The van der Waals surface area contributed by atoms with Crippen LogP contribution in [0.4, 0.5) is 0 Å². The Morgan fingerprint density at radius 3 is 2.53 bits per heavy atom. The van der Waals surface area contributed by atoms with Crippen molar-refractivity contribution >= 4 is 5.96 Å². The summed E-state index contributed by atoms with van der Waals surface area (Å²) in [7, 11) is 2.11. The molecule has 1 aliphatic heterocycles. The van der Waals surface area contributed by atoms with Crippen molar-refractivity contribution < 1.29 is 0 Å². The van der Waals surface area contributed by atoms with Gasteiger partial charge in [0.2, 0.25) is 0 Å². The summed E-state index contributed by atoms with van der Waals surface area (Å²) in [6.45, 7) is 4.62. The number of rotatable bonds is 5. The smallest absolute Gasteiger partial charge is 0.191 e. The first kappa shape index (κ1) is 14.6. The lowest BCUT2D eigenvalue weighted by molar-refractivity contribution is 0.275. The highest BCUT2D eigenvalue weighted by molar-refractivity contribution is 5.78. The van der Waals surface area contributed by atoms with Crippen molar-refractivity contribution in [2.75, 3.05) is 33.2 Å². The summed E-state index contributed by atoms with van der Waals surface area (Å²) in [4.78, 5) is 9.30. The van der Waals surface area contributed by atoms with E-state index in [0.717, 1.165) is 18.9 Å². The molecule has 0 amide bonds. The first-order valence-electron chi connectivity index (χ1n) is 8.02. The summed E-state index contributed by atoms with van der Waals surface area (Å²) < 4.78 is 0. The van der Waals surface area contributed by atoms with E-state index in [4.69, 9.17) is 5.73 Å². The molecule has 2 N–H and O–H groups in total. The van der Waals surface area contributed by atoms with Crippen molar-refractivity contribution in [3.05, 3.63) is 0 Å². The molecule has 0 spiro atoms. The highest BCUT2D eigenvalue weighted by atomic mass is 15.3. The van der Waals surface area contributed by atoms with E-state index in [0.29, 0.717) is 6.04 Å². The Morgan fingerprint density at radius 2 is 1.84 bits per heavy atom. The van der Waals surface area contributed by atoms with Crippen LogP contribution in [0.15, 0.2) is 4.99 Å². The molecule has 1 saturated heterocycles. The van der Waals surface area contributed by atoms with Gasteiger partial charge in [0.05, 0.1) is 0 Å². The second kappa shape index (κ2) is 7.73. The Bertz CT molecular complexity index is 278. The fraction of sp³-hybridized carbons (Fsp3) is 0.933. The molecule has 1 aliphatic carbocycles. The van der Waals surface area contributed by atoms with Gasteiger partial charge in [-0.3, -0.25) is 4.99 Å². The first-order valence-corrected chi connectivity index (χ1v) is 8.02. The highest BCUT2D eigenvalue weighted by Crippen LogP contribution is 2.21. The number of likely N-dealkylation sites (tertiary alicyclic amines) is 1. The molecule has 0 bridgehead atoms.